The molecule has 2 atom stereocenters. The molecule has 0 saturated carbocycles. The van der Waals surface area contributed by atoms with E-state index in [9.17, 15) is 5.11 Å². The minimum Gasteiger partial charge on any atom is -0.387 e. The first-order chi connectivity index (χ1) is 8.12. The Labute approximate surface area is 121 Å². The average molecular weight is 333 g/mol. The van der Waals surface area contributed by atoms with Crippen LogP contribution in [0, 0.1) is 12.8 Å². The Kier molecular flexibility index (Phi) is 3.69. The maximum atomic E-state index is 10.6. The third kappa shape index (κ3) is 2.67. The molecule has 18 heavy (non-hydrogen) atoms. The third-order valence-electron chi connectivity index (χ3n) is 3.69. The molecular weight excluding hydrogens is 312 g/mol. The molecule has 0 spiro atoms. The molecule has 1 fully saturated rings. The molecule has 2 nitrogen and oxygen atoms in total. The summed E-state index contributed by atoms with van der Waals surface area (Å²) in [5.41, 5.74) is -0.439. The smallest absolute Gasteiger partial charge is 0.0938 e. The molecule has 1 aromatic rings. The summed E-state index contributed by atoms with van der Waals surface area (Å²) in [7, 11) is 0. The minimum atomic E-state index is -0.447. The van der Waals surface area contributed by atoms with Crippen LogP contribution < -0.4 is 0 Å². The van der Waals surface area contributed by atoms with Crippen LogP contribution in [0.3, 0.4) is 0 Å². The molecule has 0 aromatic carbocycles. The number of hydrogen-bond donors (Lipinski definition) is 1. The van der Waals surface area contributed by atoms with Crippen LogP contribution in [-0.2, 0) is 4.74 Å². The van der Waals surface area contributed by atoms with Crippen molar-refractivity contribution in [1.82, 2.24) is 0 Å². The van der Waals surface area contributed by atoms with Crippen molar-refractivity contribution in [2.45, 2.75) is 58.3 Å². The van der Waals surface area contributed by atoms with Gasteiger partial charge in [0.2, 0.25) is 0 Å². The molecular formula is C14H21BrO2S. The molecule has 0 amide bonds. The summed E-state index contributed by atoms with van der Waals surface area (Å²) >= 11 is 5.17. The zero-order chi connectivity index (χ0) is 13.7. The van der Waals surface area contributed by atoms with Gasteiger partial charge in [-0.25, -0.2) is 0 Å². The van der Waals surface area contributed by atoms with Crippen LogP contribution >= 0.6 is 27.3 Å². The number of aliphatic hydroxyl groups excluding tert-OH is 1. The van der Waals surface area contributed by atoms with E-state index in [1.165, 1.54) is 4.88 Å². The fourth-order valence-corrected chi connectivity index (χ4v) is 4.53. The lowest BCUT2D eigenvalue weighted by molar-refractivity contribution is -0.0877. The lowest BCUT2D eigenvalue weighted by atomic mass is 9.82. The first-order valence-electron chi connectivity index (χ1n) is 6.26. The van der Waals surface area contributed by atoms with Gasteiger partial charge in [-0.3, -0.25) is 0 Å². The summed E-state index contributed by atoms with van der Waals surface area (Å²) in [6.45, 7) is 10.4. The molecule has 1 aliphatic heterocycles. The van der Waals surface area contributed by atoms with E-state index in [1.54, 1.807) is 11.3 Å². The number of aryl methyl sites for hydroxylation is 1. The van der Waals surface area contributed by atoms with Crippen molar-refractivity contribution in [2.24, 2.45) is 5.92 Å². The van der Waals surface area contributed by atoms with Gasteiger partial charge in [0.15, 0.2) is 0 Å². The standard InChI is InChI=1S/C14H21BrO2S/c1-8-10(15)6-11(18-8)12(16)9-7-13(2,3)17-14(9,4)5/h6,9,12,16H,7H2,1-5H3. The van der Waals surface area contributed by atoms with Gasteiger partial charge in [-0.05, 0) is 63.0 Å². The zero-order valence-corrected chi connectivity index (χ0v) is 14.0. The highest BCUT2D eigenvalue weighted by molar-refractivity contribution is 9.10. The van der Waals surface area contributed by atoms with Crippen molar-refractivity contribution < 1.29 is 9.84 Å². The molecule has 1 N–H and O–H groups in total. The predicted molar refractivity (Wildman–Crippen MR) is 79.1 cm³/mol. The lowest BCUT2D eigenvalue weighted by Gasteiger charge is -2.29. The van der Waals surface area contributed by atoms with Crippen LogP contribution in [0.25, 0.3) is 0 Å². The molecule has 1 saturated heterocycles. The number of hydrogen-bond acceptors (Lipinski definition) is 3. The van der Waals surface area contributed by atoms with E-state index in [-0.39, 0.29) is 17.1 Å². The molecule has 0 bridgehead atoms. The molecule has 1 aromatic heterocycles. The number of ether oxygens (including phenoxy) is 1. The van der Waals surface area contributed by atoms with Gasteiger partial charge in [0.05, 0.1) is 17.3 Å². The SMILES string of the molecule is Cc1sc(C(O)C2CC(C)(C)OC2(C)C)cc1Br. The lowest BCUT2D eigenvalue weighted by Crippen LogP contribution is -2.32. The van der Waals surface area contributed by atoms with Crippen LogP contribution in [0.5, 0.6) is 0 Å². The highest BCUT2D eigenvalue weighted by Gasteiger charge is 2.49. The first kappa shape index (κ1) is 14.5. The van der Waals surface area contributed by atoms with Gasteiger partial charge < -0.3 is 9.84 Å². The number of rotatable bonds is 2. The van der Waals surface area contributed by atoms with Crippen molar-refractivity contribution in [1.29, 1.82) is 0 Å². The summed E-state index contributed by atoms with van der Waals surface area (Å²) in [6, 6.07) is 2.03. The minimum absolute atomic E-state index is 0.137. The molecule has 0 aliphatic carbocycles. The van der Waals surface area contributed by atoms with E-state index in [1.807, 2.05) is 6.07 Å². The van der Waals surface area contributed by atoms with E-state index >= 15 is 0 Å². The van der Waals surface area contributed by atoms with Crippen molar-refractivity contribution in [3.05, 3.63) is 20.3 Å². The Balaban J connectivity index is 2.26. The van der Waals surface area contributed by atoms with E-state index in [0.717, 1.165) is 15.8 Å². The number of aliphatic hydroxyl groups is 1. The summed E-state index contributed by atoms with van der Waals surface area (Å²) < 4.78 is 7.14. The fourth-order valence-electron chi connectivity index (χ4n) is 2.92. The number of thiophene rings is 1. The van der Waals surface area contributed by atoms with Crippen molar-refractivity contribution in [2.75, 3.05) is 0 Å². The average Bonchev–Trinajstić information content (AvgIpc) is 2.63. The Morgan fingerprint density at radius 1 is 1.44 bits per heavy atom. The van der Waals surface area contributed by atoms with Crippen LogP contribution in [0.2, 0.25) is 0 Å². The van der Waals surface area contributed by atoms with E-state index in [2.05, 4.69) is 50.5 Å². The van der Waals surface area contributed by atoms with E-state index < -0.39 is 6.10 Å². The van der Waals surface area contributed by atoms with Gasteiger partial charge in [0.1, 0.15) is 0 Å². The Hall–Kier alpha value is 0.100. The topological polar surface area (TPSA) is 29.5 Å². The molecule has 2 rings (SSSR count). The van der Waals surface area contributed by atoms with Gasteiger partial charge in [-0.2, -0.15) is 0 Å². The quantitative estimate of drug-likeness (QED) is 0.867. The van der Waals surface area contributed by atoms with Crippen LogP contribution in [0.1, 0.15) is 50.0 Å². The maximum absolute atomic E-state index is 10.6. The fraction of sp³-hybridized carbons (Fsp3) is 0.714. The second-order valence-corrected chi connectivity index (χ2v) is 8.42. The van der Waals surface area contributed by atoms with E-state index in [0.29, 0.717) is 0 Å². The normalized spacial score (nSPS) is 27.4. The molecule has 1 aliphatic rings. The molecule has 4 heteroatoms. The van der Waals surface area contributed by atoms with Gasteiger partial charge in [0.25, 0.3) is 0 Å². The largest absolute Gasteiger partial charge is 0.387 e. The molecule has 2 heterocycles. The highest BCUT2D eigenvalue weighted by atomic mass is 79.9. The summed E-state index contributed by atoms with van der Waals surface area (Å²) in [6.07, 6.45) is 0.437. The monoisotopic (exact) mass is 332 g/mol. The van der Waals surface area contributed by atoms with Gasteiger partial charge >= 0.3 is 0 Å². The van der Waals surface area contributed by atoms with Crippen LogP contribution in [0.4, 0.5) is 0 Å². The first-order valence-corrected chi connectivity index (χ1v) is 7.87. The van der Waals surface area contributed by atoms with Gasteiger partial charge in [-0.15, -0.1) is 11.3 Å². The summed E-state index contributed by atoms with van der Waals surface area (Å²) in [5.74, 6) is 0.137. The maximum Gasteiger partial charge on any atom is 0.0938 e. The molecule has 102 valence electrons. The van der Waals surface area contributed by atoms with Crippen molar-refractivity contribution in [3.8, 4) is 0 Å². The zero-order valence-electron chi connectivity index (χ0n) is 11.6. The van der Waals surface area contributed by atoms with Crippen molar-refractivity contribution >= 4 is 27.3 Å². The molecule has 2 unspecified atom stereocenters. The third-order valence-corrected chi connectivity index (χ3v) is 5.90. The predicted octanol–water partition coefficient (Wildman–Crippen LogP) is 4.45. The Bertz CT molecular complexity index is 431. The van der Waals surface area contributed by atoms with Gasteiger partial charge in [-0.1, -0.05) is 0 Å². The Morgan fingerprint density at radius 2 is 2.06 bits per heavy atom. The van der Waals surface area contributed by atoms with Crippen LogP contribution in [-0.4, -0.2) is 16.3 Å². The van der Waals surface area contributed by atoms with Crippen molar-refractivity contribution in [3.63, 3.8) is 0 Å². The summed E-state index contributed by atoms with van der Waals surface area (Å²) in [5, 5.41) is 10.6. The highest BCUT2D eigenvalue weighted by Crippen LogP contribution is 2.49. The molecule has 0 radical (unpaired) electrons. The van der Waals surface area contributed by atoms with Gasteiger partial charge in [0, 0.05) is 20.1 Å². The van der Waals surface area contributed by atoms with E-state index in [4.69, 9.17) is 4.74 Å². The Morgan fingerprint density at radius 3 is 2.44 bits per heavy atom. The second kappa shape index (κ2) is 4.58. The number of halogens is 1. The van der Waals surface area contributed by atoms with Crippen LogP contribution in [0.15, 0.2) is 10.5 Å². The summed E-state index contributed by atoms with van der Waals surface area (Å²) in [4.78, 5) is 2.23. The second-order valence-electron chi connectivity index (χ2n) is 6.27.